The fraction of sp³-hybridized carbons (Fsp3) is 0.154. The zero-order valence-corrected chi connectivity index (χ0v) is 18.0. The number of ketones is 1. The molecule has 0 aliphatic carbocycles. The van der Waals surface area contributed by atoms with Gasteiger partial charge in [0.2, 0.25) is 0 Å². The first-order valence-corrected chi connectivity index (χ1v) is 10.8. The molecule has 31 heavy (non-hydrogen) atoms. The molecule has 0 saturated carbocycles. The van der Waals surface area contributed by atoms with E-state index < -0.39 is 5.97 Å². The Morgan fingerprint density at radius 3 is 2.03 bits per heavy atom. The van der Waals surface area contributed by atoms with Gasteiger partial charge in [-0.05, 0) is 48.4 Å². The Morgan fingerprint density at radius 2 is 1.39 bits per heavy atom. The van der Waals surface area contributed by atoms with Crippen LogP contribution in [-0.2, 0) is 20.7 Å². The van der Waals surface area contributed by atoms with Crippen LogP contribution in [0.4, 0.5) is 0 Å². The van der Waals surface area contributed by atoms with Crippen molar-refractivity contribution in [2.75, 3.05) is 19.8 Å². The van der Waals surface area contributed by atoms with Crippen LogP contribution in [0.5, 0.6) is 0 Å². The number of carbonyl (C=O) groups excluding carboxylic acids is 2. The summed E-state index contributed by atoms with van der Waals surface area (Å²) in [5.41, 5.74) is 2.56. The van der Waals surface area contributed by atoms with E-state index in [0.717, 1.165) is 22.3 Å². The predicted octanol–water partition coefficient (Wildman–Crippen LogP) is 5.36. The van der Waals surface area contributed by atoms with Crippen LogP contribution >= 0.6 is 11.8 Å². The third-order valence-electron chi connectivity index (χ3n) is 4.49. The highest BCUT2D eigenvalue weighted by molar-refractivity contribution is 7.99. The van der Waals surface area contributed by atoms with Gasteiger partial charge in [-0.15, -0.1) is 0 Å². The second-order valence-corrected chi connectivity index (χ2v) is 7.85. The molecule has 3 aromatic rings. The lowest BCUT2D eigenvalue weighted by molar-refractivity contribution is -0.139. The van der Waals surface area contributed by atoms with Crippen LogP contribution in [0.2, 0.25) is 0 Å². The number of ether oxygens (including phenoxy) is 2. The van der Waals surface area contributed by atoms with Gasteiger partial charge in [-0.3, -0.25) is 4.79 Å². The maximum atomic E-state index is 12.5. The third kappa shape index (κ3) is 7.24. The van der Waals surface area contributed by atoms with Gasteiger partial charge < -0.3 is 9.47 Å². The Labute approximate surface area is 186 Å². The van der Waals surface area contributed by atoms with Crippen molar-refractivity contribution < 1.29 is 19.1 Å². The van der Waals surface area contributed by atoms with E-state index in [1.165, 1.54) is 5.56 Å². The van der Waals surface area contributed by atoms with E-state index in [1.807, 2.05) is 54.6 Å². The molecule has 0 aliphatic rings. The first kappa shape index (κ1) is 22.5. The Kier molecular flexibility index (Phi) is 8.64. The van der Waals surface area contributed by atoms with Crippen molar-refractivity contribution in [3.8, 4) is 0 Å². The van der Waals surface area contributed by atoms with Crippen molar-refractivity contribution in [1.29, 1.82) is 0 Å². The molecular formula is C26H24O4S. The Morgan fingerprint density at radius 1 is 0.774 bits per heavy atom. The summed E-state index contributed by atoms with van der Waals surface area (Å²) in [6, 6.07) is 25.3. The van der Waals surface area contributed by atoms with Crippen LogP contribution in [0.15, 0.2) is 101 Å². The molecular weight excluding hydrogens is 408 g/mol. The highest BCUT2D eigenvalue weighted by Crippen LogP contribution is 2.28. The van der Waals surface area contributed by atoms with Gasteiger partial charge in [-0.2, -0.15) is 0 Å². The Bertz CT molecular complexity index is 996. The zero-order chi connectivity index (χ0) is 21.9. The van der Waals surface area contributed by atoms with Gasteiger partial charge in [0.15, 0.2) is 5.78 Å². The minimum absolute atomic E-state index is 0.0302. The molecule has 0 aromatic heterocycles. The first-order valence-electron chi connectivity index (χ1n) is 9.99. The molecule has 5 heteroatoms. The summed E-state index contributed by atoms with van der Waals surface area (Å²) >= 11 is 1.65. The molecule has 0 amide bonds. The second-order valence-electron chi connectivity index (χ2n) is 6.70. The molecule has 0 spiro atoms. The van der Waals surface area contributed by atoms with E-state index >= 15 is 0 Å². The maximum Gasteiger partial charge on any atom is 0.330 e. The average molecular weight is 433 g/mol. The van der Waals surface area contributed by atoms with E-state index in [2.05, 4.69) is 30.8 Å². The van der Waals surface area contributed by atoms with Crippen molar-refractivity contribution in [1.82, 2.24) is 0 Å². The normalized spacial score (nSPS) is 10.5. The zero-order valence-electron chi connectivity index (χ0n) is 17.2. The van der Waals surface area contributed by atoms with Gasteiger partial charge in [-0.1, -0.05) is 60.8 Å². The number of hydrogen-bond acceptors (Lipinski definition) is 5. The quantitative estimate of drug-likeness (QED) is 0.177. The molecule has 0 heterocycles. The van der Waals surface area contributed by atoms with Gasteiger partial charge in [0.25, 0.3) is 0 Å². The van der Waals surface area contributed by atoms with Gasteiger partial charge in [0, 0.05) is 27.0 Å². The second kappa shape index (κ2) is 11.9. The monoisotopic (exact) mass is 432 g/mol. The molecule has 3 rings (SSSR count). The Hall–Kier alpha value is -3.15. The summed E-state index contributed by atoms with van der Waals surface area (Å²) < 4.78 is 10.3. The number of esters is 1. The molecule has 0 fully saturated rings. The summed E-state index contributed by atoms with van der Waals surface area (Å²) in [5, 5.41) is 0. The minimum Gasteiger partial charge on any atom is -0.460 e. The molecule has 0 aliphatic heterocycles. The molecule has 0 radical (unpaired) electrons. The maximum absolute atomic E-state index is 12.5. The highest BCUT2D eigenvalue weighted by Gasteiger charge is 2.08. The smallest absolute Gasteiger partial charge is 0.330 e. The predicted molar refractivity (Wildman–Crippen MR) is 123 cm³/mol. The molecule has 158 valence electrons. The van der Waals surface area contributed by atoms with Crippen LogP contribution in [0, 0.1) is 0 Å². The van der Waals surface area contributed by atoms with Crippen LogP contribution in [-0.4, -0.2) is 31.6 Å². The summed E-state index contributed by atoms with van der Waals surface area (Å²) in [6.45, 7) is 4.51. The van der Waals surface area contributed by atoms with Crippen LogP contribution in [0.25, 0.3) is 0 Å². The molecule has 0 bridgehead atoms. The molecule has 0 saturated heterocycles. The Balaban J connectivity index is 1.45. The average Bonchev–Trinajstić information content (AvgIpc) is 2.82. The van der Waals surface area contributed by atoms with E-state index in [-0.39, 0.29) is 12.4 Å². The van der Waals surface area contributed by atoms with Crippen LogP contribution in [0.3, 0.4) is 0 Å². The van der Waals surface area contributed by atoms with Crippen molar-refractivity contribution in [2.24, 2.45) is 0 Å². The minimum atomic E-state index is -0.436. The van der Waals surface area contributed by atoms with Gasteiger partial charge in [-0.25, -0.2) is 4.79 Å². The first-order chi connectivity index (χ1) is 15.2. The third-order valence-corrected chi connectivity index (χ3v) is 5.50. The lowest BCUT2D eigenvalue weighted by Gasteiger charge is -2.07. The fourth-order valence-electron chi connectivity index (χ4n) is 2.84. The highest BCUT2D eigenvalue weighted by atomic mass is 32.2. The standard InChI is InChI=1S/C26H24O4S/c1-2-25(27)30-19-18-29-17-16-20-8-12-23(13-9-20)31-24-14-10-22(11-15-24)26(28)21-6-4-3-5-7-21/h2-15H,1,16-19H2. The van der Waals surface area contributed by atoms with Gasteiger partial charge in [0.05, 0.1) is 13.2 Å². The van der Waals surface area contributed by atoms with E-state index in [0.29, 0.717) is 24.3 Å². The van der Waals surface area contributed by atoms with E-state index in [4.69, 9.17) is 9.47 Å². The number of rotatable bonds is 11. The lowest BCUT2D eigenvalue weighted by atomic mass is 10.0. The van der Waals surface area contributed by atoms with E-state index in [1.54, 1.807) is 11.8 Å². The molecule has 4 nitrogen and oxygen atoms in total. The number of hydrogen-bond donors (Lipinski definition) is 0. The van der Waals surface area contributed by atoms with E-state index in [9.17, 15) is 9.59 Å². The largest absolute Gasteiger partial charge is 0.460 e. The van der Waals surface area contributed by atoms with Gasteiger partial charge >= 0.3 is 5.97 Å². The van der Waals surface area contributed by atoms with Crippen molar-refractivity contribution >= 4 is 23.5 Å². The van der Waals surface area contributed by atoms with Crippen LogP contribution < -0.4 is 0 Å². The van der Waals surface area contributed by atoms with Gasteiger partial charge in [0.1, 0.15) is 6.61 Å². The number of benzene rings is 3. The SMILES string of the molecule is C=CC(=O)OCCOCCc1ccc(Sc2ccc(C(=O)c3ccccc3)cc2)cc1. The molecule has 0 unspecified atom stereocenters. The van der Waals surface area contributed by atoms with Crippen molar-refractivity contribution in [3.05, 3.63) is 108 Å². The summed E-state index contributed by atoms with van der Waals surface area (Å²) in [5.74, 6) is -0.406. The lowest BCUT2D eigenvalue weighted by Crippen LogP contribution is -2.09. The molecule has 0 N–H and O–H groups in total. The van der Waals surface area contributed by atoms with Crippen molar-refractivity contribution in [2.45, 2.75) is 16.2 Å². The van der Waals surface area contributed by atoms with Crippen molar-refractivity contribution in [3.63, 3.8) is 0 Å². The fourth-order valence-corrected chi connectivity index (χ4v) is 3.66. The summed E-state index contributed by atoms with van der Waals surface area (Å²) in [7, 11) is 0. The summed E-state index contributed by atoms with van der Waals surface area (Å²) in [4.78, 5) is 25.6. The molecule has 0 atom stereocenters. The topological polar surface area (TPSA) is 52.6 Å². The number of carbonyl (C=O) groups is 2. The van der Waals surface area contributed by atoms with Crippen LogP contribution in [0.1, 0.15) is 21.5 Å². The summed E-state index contributed by atoms with van der Waals surface area (Å²) in [6.07, 6.45) is 1.93. The molecule has 3 aromatic carbocycles.